The van der Waals surface area contributed by atoms with E-state index in [4.69, 9.17) is 9.72 Å². The van der Waals surface area contributed by atoms with Crippen LogP contribution in [0.4, 0.5) is 49.0 Å². The molecule has 0 unspecified atom stereocenters. The molecule has 4 aromatic rings. The van der Waals surface area contributed by atoms with Gasteiger partial charge < -0.3 is 24.8 Å². The van der Waals surface area contributed by atoms with E-state index < -0.39 is 13.1 Å². The first-order valence-electron chi connectivity index (χ1n) is 17.7. The van der Waals surface area contributed by atoms with Crippen LogP contribution < -0.4 is 25.6 Å². The Bertz CT molecular complexity index is 2120. The van der Waals surface area contributed by atoms with Gasteiger partial charge in [-0.15, -0.1) is 0 Å². The average Bonchev–Trinajstić information content (AvgIpc) is 3.40. The Kier molecular flexibility index (Phi) is 10.2. The van der Waals surface area contributed by atoms with E-state index in [2.05, 4.69) is 75.3 Å². The summed E-state index contributed by atoms with van der Waals surface area (Å²) in [6, 6.07) is 7.95. The van der Waals surface area contributed by atoms with Gasteiger partial charge in [-0.2, -0.15) is 10.1 Å². The van der Waals surface area contributed by atoms with Crippen LogP contribution in [0.1, 0.15) is 38.3 Å². The predicted molar refractivity (Wildman–Crippen MR) is 214 cm³/mol. The van der Waals surface area contributed by atoms with Crippen molar-refractivity contribution in [2.75, 3.05) is 55.6 Å². The first-order chi connectivity index (χ1) is 25.3. The van der Waals surface area contributed by atoms with Crippen molar-refractivity contribution in [1.82, 2.24) is 24.6 Å². The van der Waals surface area contributed by atoms with E-state index in [9.17, 15) is 13.3 Å². The molecule has 16 heteroatoms. The molecule has 1 saturated carbocycles. The van der Waals surface area contributed by atoms with Gasteiger partial charge >= 0.3 is 0 Å². The average molecular weight is 810 g/mol. The number of nitrogens with one attached hydrogen (secondary N) is 2. The van der Waals surface area contributed by atoms with Crippen LogP contribution in [0, 0.1) is 0 Å². The summed E-state index contributed by atoms with van der Waals surface area (Å²) in [7, 11) is 0.750. The number of nitrogens with zero attached hydrogens (tertiary/aromatic N) is 8. The minimum atomic E-state index is -2.85. The maximum Gasteiger partial charge on any atom is 0.251 e. The highest BCUT2D eigenvalue weighted by Gasteiger charge is 2.48. The summed E-state index contributed by atoms with van der Waals surface area (Å²) in [6.45, 7) is 11.3. The number of benzene rings is 2. The minimum absolute atomic E-state index is 0.0205. The SMILES string of the molecule is C=Nc1ccc(Nc2nc(Nc3cc4c(cc3OC)N(C3CCN(C5CC(F)(F)C5)CC3)CCc3c-4cnn3C)ncc2Br)c(P(C)(C)=O)c1N=CC. The van der Waals surface area contributed by atoms with Gasteiger partial charge in [0.2, 0.25) is 5.95 Å². The molecule has 2 aromatic heterocycles. The van der Waals surface area contributed by atoms with Crippen molar-refractivity contribution in [2.24, 2.45) is 17.0 Å². The molecule has 4 heterocycles. The van der Waals surface area contributed by atoms with E-state index in [-0.39, 0.29) is 24.9 Å². The molecule has 7 rings (SSSR count). The third-order valence-electron chi connectivity index (χ3n) is 10.4. The van der Waals surface area contributed by atoms with Gasteiger partial charge in [0.25, 0.3) is 5.92 Å². The van der Waals surface area contributed by atoms with Gasteiger partial charge in [-0.3, -0.25) is 19.6 Å². The van der Waals surface area contributed by atoms with Crippen LogP contribution in [0.15, 0.2) is 51.1 Å². The highest BCUT2D eigenvalue weighted by Crippen LogP contribution is 2.48. The first-order valence-corrected chi connectivity index (χ1v) is 21.1. The number of aryl methyl sites for hydroxylation is 1. The lowest BCUT2D eigenvalue weighted by Gasteiger charge is -2.47. The predicted octanol–water partition coefficient (Wildman–Crippen LogP) is 8.06. The summed E-state index contributed by atoms with van der Waals surface area (Å²) in [5.41, 5.74) is 6.52. The van der Waals surface area contributed by atoms with Crippen LogP contribution in [-0.4, -0.2) is 95.7 Å². The lowest BCUT2D eigenvalue weighted by Crippen LogP contribution is -2.55. The van der Waals surface area contributed by atoms with E-state index >= 15 is 0 Å². The number of anilines is 5. The van der Waals surface area contributed by atoms with Gasteiger partial charge in [-0.1, -0.05) is 0 Å². The van der Waals surface area contributed by atoms with Crippen LogP contribution >= 0.6 is 23.1 Å². The largest absolute Gasteiger partial charge is 0.494 e. The third-order valence-corrected chi connectivity index (χ3v) is 12.5. The zero-order chi connectivity index (χ0) is 37.7. The second-order valence-corrected chi connectivity index (χ2v) is 18.2. The summed E-state index contributed by atoms with van der Waals surface area (Å²) < 4.78 is 49.4. The molecule has 1 aliphatic carbocycles. The van der Waals surface area contributed by atoms with Gasteiger partial charge in [0.1, 0.15) is 24.4 Å². The van der Waals surface area contributed by atoms with Crippen LogP contribution in [0.2, 0.25) is 0 Å². The summed E-state index contributed by atoms with van der Waals surface area (Å²) in [5, 5.41) is 11.9. The number of rotatable bonds is 10. The normalized spacial score (nSPS) is 17.9. The Balaban J connectivity index is 1.21. The number of hydrogen-bond acceptors (Lipinski definition) is 11. The number of piperidine rings is 1. The van der Waals surface area contributed by atoms with Crippen molar-refractivity contribution < 1.29 is 18.1 Å². The van der Waals surface area contributed by atoms with Crippen LogP contribution in [0.3, 0.4) is 0 Å². The Morgan fingerprint density at radius 1 is 1.08 bits per heavy atom. The topological polar surface area (TPSA) is 125 Å². The Morgan fingerprint density at radius 3 is 2.49 bits per heavy atom. The van der Waals surface area contributed by atoms with Crippen molar-refractivity contribution >= 4 is 81.5 Å². The maximum absolute atomic E-state index is 13.6. The second kappa shape index (κ2) is 14.6. The third kappa shape index (κ3) is 7.35. The minimum Gasteiger partial charge on any atom is -0.494 e. The highest BCUT2D eigenvalue weighted by molar-refractivity contribution is 9.10. The van der Waals surface area contributed by atoms with Gasteiger partial charge in [0.05, 0.1) is 40.1 Å². The van der Waals surface area contributed by atoms with Gasteiger partial charge in [0.15, 0.2) is 0 Å². The molecule has 2 aliphatic heterocycles. The summed E-state index contributed by atoms with van der Waals surface area (Å²) >= 11 is 3.58. The lowest BCUT2D eigenvalue weighted by molar-refractivity contribution is -0.127. The van der Waals surface area contributed by atoms with E-state index in [0.717, 1.165) is 61.4 Å². The molecule has 12 nitrogen and oxygen atoms in total. The fourth-order valence-electron chi connectivity index (χ4n) is 7.81. The number of methoxy groups -OCH3 is 1. The van der Waals surface area contributed by atoms with Crippen LogP contribution in [0.25, 0.3) is 11.1 Å². The van der Waals surface area contributed by atoms with E-state index in [1.807, 2.05) is 17.9 Å². The van der Waals surface area contributed by atoms with Crippen molar-refractivity contribution in [3.63, 3.8) is 0 Å². The van der Waals surface area contributed by atoms with Gasteiger partial charge in [-0.25, -0.2) is 13.8 Å². The van der Waals surface area contributed by atoms with Crippen LogP contribution in [0.5, 0.6) is 5.75 Å². The molecule has 2 aromatic carbocycles. The number of aliphatic imine (C=N–C) groups is 2. The summed E-state index contributed by atoms with van der Waals surface area (Å²) in [4.78, 5) is 22.7. The number of alkyl halides is 2. The van der Waals surface area contributed by atoms with Crippen molar-refractivity contribution in [1.29, 1.82) is 0 Å². The molecule has 0 bridgehead atoms. The van der Waals surface area contributed by atoms with Crippen molar-refractivity contribution in [3.05, 3.63) is 46.8 Å². The molecule has 280 valence electrons. The molecule has 0 atom stereocenters. The smallest absolute Gasteiger partial charge is 0.251 e. The fraction of sp³-hybridized carbons (Fsp3) is 0.432. The number of ether oxygens (including phenoxy) is 1. The summed E-state index contributed by atoms with van der Waals surface area (Å²) in [6.07, 6.45) is 7.73. The number of hydrogen-bond donors (Lipinski definition) is 2. The number of halogens is 3. The fourth-order valence-corrected chi connectivity index (χ4v) is 9.50. The monoisotopic (exact) mass is 808 g/mol. The van der Waals surface area contributed by atoms with E-state index in [1.165, 1.54) is 0 Å². The maximum atomic E-state index is 13.6. The Labute approximate surface area is 316 Å². The molecule has 53 heavy (non-hydrogen) atoms. The molecule has 0 radical (unpaired) electrons. The zero-order valence-electron chi connectivity index (χ0n) is 30.5. The molecule has 0 spiro atoms. The highest BCUT2D eigenvalue weighted by atomic mass is 79.9. The molecular weight excluding hydrogens is 765 g/mol. The van der Waals surface area contributed by atoms with E-state index in [0.29, 0.717) is 50.0 Å². The first kappa shape index (κ1) is 37.1. The number of fused-ring (bicyclic) bond motifs is 3. The standard InChI is InChI=1S/C37H44BrF2N10O2P/c1-7-42-33-27(41-2)8-9-28(34(33)53(5,6)51)45-35-26(38)21-43-36(47-35)46-29-16-24-25-20-44-48(3)30(25)12-15-50(31(24)17-32(29)52-4)22-10-13-49(14-11-22)23-18-37(39,40)19-23/h7-9,16-17,20-23H,2,10-15,18-19H2,1,3-6H3,(H2,43,45,46,47). The molecule has 1 saturated heterocycles. The molecular formula is C37H44BrF2N10O2P. The summed E-state index contributed by atoms with van der Waals surface area (Å²) in [5.74, 6) is -1.13. The number of aromatic nitrogens is 4. The van der Waals surface area contributed by atoms with Gasteiger partial charge in [0, 0.05) is 99.0 Å². The molecule has 3 aliphatic rings. The Hall–Kier alpha value is -4.20. The molecule has 2 fully saturated rings. The molecule has 2 N–H and O–H groups in total. The quantitative estimate of drug-likeness (QED) is 0.121. The molecule has 0 amide bonds. The number of likely N-dealkylation sites (tertiary alicyclic amines) is 1. The van der Waals surface area contributed by atoms with Gasteiger partial charge in [-0.05, 0) is 73.9 Å². The lowest BCUT2D eigenvalue weighted by atomic mass is 9.85. The Morgan fingerprint density at radius 2 is 1.83 bits per heavy atom. The van der Waals surface area contributed by atoms with E-state index in [1.54, 1.807) is 51.9 Å². The van der Waals surface area contributed by atoms with Crippen molar-refractivity contribution in [2.45, 2.75) is 57.0 Å². The second-order valence-electron chi connectivity index (χ2n) is 14.2. The zero-order valence-corrected chi connectivity index (χ0v) is 33.0. The van der Waals surface area contributed by atoms with Crippen molar-refractivity contribution in [3.8, 4) is 16.9 Å². The van der Waals surface area contributed by atoms with Crippen LogP contribution in [-0.2, 0) is 18.0 Å².